The first kappa shape index (κ1) is 22.6. The molecule has 1 amide bonds. The van der Waals surface area contributed by atoms with E-state index < -0.39 is 23.2 Å². The number of carbonyl (C=O) groups is 1. The number of thioether (sulfide) groups is 1. The molecular formula is C24H21F2N5OS. The third-order valence-electron chi connectivity index (χ3n) is 4.91. The lowest BCUT2D eigenvalue weighted by Crippen LogP contribution is -2.16. The average molecular weight is 466 g/mol. The van der Waals surface area contributed by atoms with E-state index in [-0.39, 0.29) is 11.7 Å². The van der Waals surface area contributed by atoms with E-state index >= 15 is 0 Å². The highest BCUT2D eigenvalue weighted by atomic mass is 32.2. The number of benzene rings is 2. The van der Waals surface area contributed by atoms with Crippen LogP contribution < -0.4 is 5.32 Å². The van der Waals surface area contributed by atoms with Gasteiger partial charge in [0.25, 0.3) is 0 Å². The molecule has 33 heavy (non-hydrogen) atoms. The van der Waals surface area contributed by atoms with Crippen molar-refractivity contribution in [1.82, 2.24) is 19.7 Å². The molecule has 2 heterocycles. The summed E-state index contributed by atoms with van der Waals surface area (Å²) >= 11 is 1.13. The zero-order valence-corrected chi connectivity index (χ0v) is 18.8. The summed E-state index contributed by atoms with van der Waals surface area (Å²) in [6, 6.07) is 15.0. The molecule has 0 unspecified atom stereocenters. The normalized spacial score (nSPS) is 11.1. The number of para-hydroxylation sites is 2. The van der Waals surface area contributed by atoms with Crippen LogP contribution in [0.3, 0.4) is 0 Å². The van der Waals surface area contributed by atoms with Crippen LogP contribution in [0, 0.1) is 11.6 Å². The number of nitrogens with one attached hydrogen (secondary N) is 1. The van der Waals surface area contributed by atoms with Crippen LogP contribution in [0.4, 0.5) is 14.5 Å². The zero-order valence-electron chi connectivity index (χ0n) is 18.0. The molecule has 1 N–H and O–H groups in total. The number of pyridine rings is 1. The second-order valence-corrected chi connectivity index (χ2v) is 8.47. The van der Waals surface area contributed by atoms with Gasteiger partial charge in [-0.1, -0.05) is 49.9 Å². The van der Waals surface area contributed by atoms with E-state index in [0.717, 1.165) is 40.7 Å². The van der Waals surface area contributed by atoms with Crippen molar-refractivity contribution in [2.75, 3.05) is 11.1 Å². The van der Waals surface area contributed by atoms with Crippen LogP contribution in [0.1, 0.15) is 25.3 Å². The van der Waals surface area contributed by atoms with Crippen molar-refractivity contribution in [3.05, 3.63) is 84.2 Å². The Hall–Kier alpha value is -3.59. The van der Waals surface area contributed by atoms with E-state index in [1.807, 2.05) is 41.0 Å². The van der Waals surface area contributed by atoms with Crippen molar-refractivity contribution in [1.29, 1.82) is 0 Å². The predicted molar refractivity (Wildman–Crippen MR) is 124 cm³/mol. The minimum atomic E-state index is -0.832. The number of nitrogens with zero attached hydrogens (tertiary/aromatic N) is 4. The van der Waals surface area contributed by atoms with Gasteiger partial charge in [-0.3, -0.25) is 14.3 Å². The van der Waals surface area contributed by atoms with Gasteiger partial charge in [0.2, 0.25) is 5.91 Å². The monoisotopic (exact) mass is 465 g/mol. The number of amides is 1. The minimum absolute atomic E-state index is 0.108. The first-order valence-corrected chi connectivity index (χ1v) is 11.3. The van der Waals surface area contributed by atoms with Gasteiger partial charge >= 0.3 is 0 Å². The largest absolute Gasteiger partial charge is 0.320 e. The van der Waals surface area contributed by atoms with Crippen molar-refractivity contribution in [2.45, 2.75) is 24.9 Å². The second-order valence-electron chi connectivity index (χ2n) is 7.53. The van der Waals surface area contributed by atoms with E-state index in [1.54, 1.807) is 12.4 Å². The van der Waals surface area contributed by atoms with Crippen LogP contribution in [0.15, 0.2) is 72.1 Å². The van der Waals surface area contributed by atoms with Gasteiger partial charge in [0.05, 0.1) is 11.4 Å². The third-order valence-corrected chi connectivity index (χ3v) is 5.84. The van der Waals surface area contributed by atoms with Crippen molar-refractivity contribution in [3.8, 4) is 17.1 Å². The van der Waals surface area contributed by atoms with Crippen molar-refractivity contribution in [3.63, 3.8) is 0 Å². The number of hydrogen-bond acceptors (Lipinski definition) is 5. The Kier molecular flexibility index (Phi) is 6.79. The molecular weight excluding hydrogens is 444 g/mol. The molecule has 0 radical (unpaired) electrons. The van der Waals surface area contributed by atoms with Gasteiger partial charge in [-0.15, -0.1) is 10.2 Å². The summed E-state index contributed by atoms with van der Waals surface area (Å²) in [6.45, 7) is 4.19. The van der Waals surface area contributed by atoms with E-state index in [0.29, 0.717) is 11.0 Å². The molecule has 0 saturated carbocycles. The van der Waals surface area contributed by atoms with Gasteiger partial charge in [-0.25, -0.2) is 8.78 Å². The van der Waals surface area contributed by atoms with E-state index in [9.17, 15) is 13.6 Å². The number of halogens is 2. The maximum absolute atomic E-state index is 13.9. The molecule has 0 atom stereocenters. The topological polar surface area (TPSA) is 72.7 Å². The quantitative estimate of drug-likeness (QED) is 0.367. The molecule has 4 rings (SSSR count). The molecule has 0 aliphatic carbocycles. The van der Waals surface area contributed by atoms with Crippen molar-refractivity contribution < 1.29 is 13.6 Å². The minimum Gasteiger partial charge on any atom is -0.320 e. The van der Waals surface area contributed by atoms with Crippen molar-refractivity contribution >= 4 is 23.4 Å². The number of hydrogen-bond donors (Lipinski definition) is 1. The molecule has 9 heteroatoms. The van der Waals surface area contributed by atoms with Gasteiger partial charge < -0.3 is 5.32 Å². The van der Waals surface area contributed by atoms with Gasteiger partial charge in [0.1, 0.15) is 17.3 Å². The summed E-state index contributed by atoms with van der Waals surface area (Å²) in [4.78, 5) is 16.6. The fourth-order valence-electron chi connectivity index (χ4n) is 3.36. The van der Waals surface area contributed by atoms with Crippen molar-refractivity contribution in [2.24, 2.45) is 0 Å². The SMILES string of the molecule is CC(C)c1ccccc1-n1c(SCC(=O)Nc2c(F)cccc2F)nnc1-c1cccnc1. The Morgan fingerprint density at radius 2 is 1.79 bits per heavy atom. The maximum Gasteiger partial charge on any atom is 0.235 e. The van der Waals surface area contributed by atoms with E-state index in [1.165, 1.54) is 6.07 Å². The first-order chi connectivity index (χ1) is 16.0. The number of anilines is 1. The van der Waals surface area contributed by atoms with Crippen LogP contribution in [0.2, 0.25) is 0 Å². The lowest BCUT2D eigenvalue weighted by Gasteiger charge is -2.16. The lowest BCUT2D eigenvalue weighted by molar-refractivity contribution is -0.113. The Balaban J connectivity index is 1.67. The average Bonchev–Trinajstić information content (AvgIpc) is 3.24. The molecule has 6 nitrogen and oxygen atoms in total. The highest BCUT2D eigenvalue weighted by Gasteiger charge is 2.21. The lowest BCUT2D eigenvalue weighted by atomic mass is 10.0. The highest BCUT2D eigenvalue weighted by Crippen LogP contribution is 2.32. The number of carbonyl (C=O) groups excluding carboxylic acids is 1. The van der Waals surface area contributed by atoms with Crippen LogP contribution >= 0.6 is 11.8 Å². The van der Waals surface area contributed by atoms with Crippen LogP contribution in [-0.2, 0) is 4.79 Å². The molecule has 2 aromatic carbocycles. The van der Waals surface area contributed by atoms with Gasteiger partial charge in [0, 0.05) is 18.0 Å². The third kappa shape index (κ3) is 4.93. The Labute approximate surface area is 194 Å². The molecule has 0 saturated heterocycles. The smallest absolute Gasteiger partial charge is 0.235 e. The standard InChI is InChI=1S/C24H21F2N5OS/c1-15(2)17-8-3-4-11-20(17)31-23(16-7-6-12-27-13-16)29-30-24(31)33-14-21(32)28-22-18(25)9-5-10-19(22)26/h3-13,15H,14H2,1-2H3,(H,28,32). The van der Waals surface area contributed by atoms with Gasteiger partial charge in [-0.2, -0.15) is 0 Å². The molecule has 0 aliphatic heterocycles. The van der Waals surface area contributed by atoms with Crippen LogP contribution in [0.25, 0.3) is 17.1 Å². The molecule has 0 aliphatic rings. The highest BCUT2D eigenvalue weighted by molar-refractivity contribution is 7.99. The maximum atomic E-state index is 13.9. The molecule has 168 valence electrons. The summed E-state index contributed by atoms with van der Waals surface area (Å²) in [5.74, 6) is -1.51. The van der Waals surface area contributed by atoms with Gasteiger partial charge in [-0.05, 0) is 41.8 Å². The van der Waals surface area contributed by atoms with Crippen LogP contribution in [0.5, 0.6) is 0 Å². The number of rotatable bonds is 7. The fourth-order valence-corrected chi connectivity index (χ4v) is 4.11. The second kappa shape index (κ2) is 9.91. The summed E-state index contributed by atoms with van der Waals surface area (Å²) in [5.41, 5.74) is 2.28. The Bertz CT molecular complexity index is 1260. The summed E-state index contributed by atoms with van der Waals surface area (Å²) in [7, 11) is 0. The summed E-state index contributed by atoms with van der Waals surface area (Å²) < 4.78 is 29.6. The zero-order chi connectivity index (χ0) is 23.4. The molecule has 0 spiro atoms. The molecule has 0 fully saturated rings. The Morgan fingerprint density at radius 3 is 2.48 bits per heavy atom. The molecule has 2 aromatic heterocycles. The predicted octanol–water partition coefficient (Wildman–Crippen LogP) is 5.46. The molecule has 4 aromatic rings. The van der Waals surface area contributed by atoms with E-state index in [2.05, 4.69) is 34.3 Å². The summed E-state index contributed by atoms with van der Waals surface area (Å²) in [5, 5.41) is 11.4. The fraction of sp³-hybridized carbons (Fsp3) is 0.167. The first-order valence-electron chi connectivity index (χ1n) is 10.3. The van der Waals surface area contributed by atoms with Gasteiger partial charge in [0.15, 0.2) is 11.0 Å². The molecule has 0 bridgehead atoms. The number of aromatic nitrogens is 4. The summed E-state index contributed by atoms with van der Waals surface area (Å²) in [6.07, 6.45) is 3.37. The van der Waals surface area contributed by atoms with Crippen LogP contribution in [-0.4, -0.2) is 31.4 Å². The Morgan fingerprint density at radius 1 is 1.03 bits per heavy atom. The van der Waals surface area contributed by atoms with E-state index in [4.69, 9.17) is 0 Å².